The maximum Gasteiger partial charge on any atom is 0.401 e. The first-order valence-corrected chi connectivity index (χ1v) is 7.47. The van der Waals surface area contributed by atoms with Gasteiger partial charge in [0.15, 0.2) is 0 Å². The summed E-state index contributed by atoms with van der Waals surface area (Å²) in [6, 6.07) is 5.23. The van der Waals surface area contributed by atoms with Crippen molar-refractivity contribution in [2.45, 2.75) is 19.5 Å². The molecule has 130 valence electrons. The highest BCUT2D eigenvalue weighted by molar-refractivity contribution is 5.91. The number of aromatic amines is 1. The van der Waals surface area contributed by atoms with Crippen LogP contribution >= 0.6 is 0 Å². The summed E-state index contributed by atoms with van der Waals surface area (Å²) in [7, 11) is 0. The Kier molecular flexibility index (Phi) is 5.66. The Morgan fingerprint density at radius 1 is 1.42 bits per heavy atom. The van der Waals surface area contributed by atoms with E-state index in [0.717, 1.165) is 16.5 Å². The van der Waals surface area contributed by atoms with E-state index in [2.05, 4.69) is 11.6 Å². The van der Waals surface area contributed by atoms with Crippen molar-refractivity contribution in [3.63, 3.8) is 0 Å². The van der Waals surface area contributed by atoms with E-state index in [-0.39, 0.29) is 13.1 Å². The van der Waals surface area contributed by atoms with Crippen LogP contribution in [0.1, 0.15) is 12.5 Å². The Morgan fingerprint density at radius 2 is 2.17 bits per heavy atom. The van der Waals surface area contributed by atoms with Crippen LogP contribution in [0.3, 0.4) is 0 Å². The number of nitrogens with zero attached hydrogens (tertiary/aromatic N) is 1. The zero-order valence-electron chi connectivity index (χ0n) is 13.3. The third-order valence-electron chi connectivity index (χ3n) is 3.49. The molecule has 2 aromatic rings. The molecule has 1 N–H and O–H groups in total. The number of H-pyrrole nitrogens is 1. The number of carbonyl (C=O) groups is 1. The van der Waals surface area contributed by atoms with Crippen molar-refractivity contribution in [3.8, 4) is 5.75 Å². The van der Waals surface area contributed by atoms with Gasteiger partial charge in [-0.2, -0.15) is 13.2 Å². The quantitative estimate of drug-likeness (QED) is 0.475. The summed E-state index contributed by atoms with van der Waals surface area (Å²) in [6.45, 7) is 4.18. The number of benzene rings is 1. The van der Waals surface area contributed by atoms with Gasteiger partial charge in [0, 0.05) is 37.1 Å². The summed E-state index contributed by atoms with van der Waals surface area (Å²) >= 11 is 0. The fourth-order valence-corrected chi connectivity index (χ4v) is 2.61. The van der Waals surface area contributed by atoms with Crippen molar-refractivity contribution in [2.75, 3.05) is 19.6 Å². The van der Waals surface area contributed by atoms with Crippen LogP contribution in [-0.4, -0.2) is 41.7 Å². The molecule has 0 aliphatic heterocycles. The van der Waals surface area contributed by atoms with Gasteiger partial charge in [0.1, 0.15) is 5.75 Å². The van der Waals surface area contributed by atoms with Crippen molar-refractivity contribution in [1.29, 1.82) is 0 Å². The second-order valence-electron chi connectivity index (χ2n) is 5.48. The molecule has 24 heavy (non-hydrogen) atoms. The molecule has 7 heteroatoms. The summed E-state index contributed by atoms with van der Waals surface area (Å²) in [5.74, 6) is -0.0395. The second-order valence-corrected chi connectivity index (χ2v) is 5.48. The van der Waals surface area contributed by atoms with Gasteiger partial charge in [-0.1, -0.05) is 12.1 Å². The van der Waals surface area contributed by atoms with Crippen LogP contribution < -0.4 is 4.74 Å². The second kappa shape index (κ2) is 7.53. The molecule has 0 saturated heterocycles. The van der Waals surface area contributed by atoms with Crippen LogP contribution in [0.5, 0.6) is 5.75 Å². The number of carbonyl (C=O) groups excluding carboxylic acids is 1. The molecule has 2 rings (SSSR count). The molecule has 0 radical (unpaired) electrons. The summed E-state index contributed by atoms with van der Waals surface area (Å²) in [6.07, 6.45) is -0.684. The molecule has 0 bridgehead atoms. The standard InChI is InChI=1S/C17H19F3N2O2/c1-3-8-22(11-17(18,19)20)9-7-13-10-21-14-5-4-6-15(16(13)14)24-12(2)23/h3-6,10,21H,1,7-9,11H2,2H3. The van der Waals surface area contributed by atoms with Crippen molar-refractivity contribution >= 4 is 16.9 Å². The van der Waals surface area contributed by atoms with Gasteiger partial charge in [0.25, 0.3) is 0 Å². The van der Waals surface area contributed by atoms with Crippen LogP contribution in [0.2, 0.25) is 0 Å². The van der Waals surface area contributed by atoms with Crippen molar-refractivity contribution < 1.29 is 22.7 Å². The minimum atomic E-state index is -4.26. The van der Waals surface area contributed by atoms with E-state index >= 15 is 0 Å². The number of hydrogen-bond donors (Lipinski definition) is 1. The van der Waals surface area contributed by atoms with E-state index in [0.29, 0.717) is 12.2 Å². The molecule has 0 aliphatic carbocycles. The minimum Gasteiger partial charge on any atom is -0.426 e. The summed E-state index contributed by atoms with van der Waals surface area (Å²) < 4.78 is 43.0. The summed E-state index contributed by atoms with van der Waals surface area (Å²) in [5.41, 5.74) is 1.58. The Morgan fingerprint density at radius 3 is 2.79 bits per heavy atom. The smallest absolute Gasteiger partial charge is 0.401 e. The third kappa shape index (κ3) is 4.86. The van der Waals surface area contributed by atoms with Crippen LogP contribution in [0.15, 0.2) is 37.1 Å². The highest BCUT2D eigenvalue weighted by atomic mass is 19.4. The first kappa shape index (κ1) is 18.1. The highest BCUT2D eigenvalue weighted by Gasteiger charge is 2.30. The number of ether oxygens (including phenoxy) is 1. The van der Waals surface area contributed by atoms with Gasteiger partial charge >= 0.3 is 12.1 Å². The van der Waals surface area contributed by atoms with Gasteiger partial charge < -0.3 is 9.72 Å². The molecule has 0 amide bonds. The number of hydrogen-bond acceptors (Lipinski definition) is 3. The molecular weight excluding hydrogens is 321 g/mol. The average Bonchev–Trinajstić information content (AvgIpc) is 2.87. The van der Waals surface area contributed by atoms with Crippen molar-refractivity contribution in [3.05, 3.63) is 42.6 Å². The van der Waals surface area contributed by atoms with Gasteiger partial charge in [0.2, 0.25) is 0 Å². The van der Waals surface area contributed by atoms with Gasteiger partial charge in [0.05, 0.1) is 6.54 Å². The SMILES string of the molecule is C=CCN(CCc1c[nH]c2cccc(OC(C)=O)c12)CC(F)(F)F. The van der Waals surface area contributed by atoms with Crippen LogP contribution in [-0.2, 0) is 11.2 Å². The molecule has 4 nitrogen and oxygen atoms in total. The molecule has 0 spiro atoms. The molecule has 1 aromatic heterocycles. The maximum absolute atomic E-state index is 12.6. The fourth-order valence-electron chi connectivity index (χ4n) is 2.61. The Hall–Kier alpha value is -2.28. The number of rotatable bonds is 7. The minimum absolute atomic E-state index is 0.151. The van der Waals surface area contributed by atoms with Crippen molar-refractivity contribution in [2.24, 2.45) is 0 Å². The van der Waals surface area contributed by atoms with E-state index in [4.69, 9.17) is 4.74 Å². The topological polar surface area (TPSA) is 45.3 Å². The Bertz CT molecular complexity index is 722. The molecule has 0 aliphatic rings. The predicted molar refractivity (Wildman–Crippen MR) is 86.0 cm³/mol. The van der Waals surface area contributed by atoms with E-state index in [1.165, 1.54) is 17.9 Å². The molecule has 1 aromatic carbocycles. The lowest BCUT2D eigenvalue weighted by atomic mass is 10.1. The van der Waals surface area contributed by atoms with Crippen LogP contribution in [0.4, 0.5) is 13.2 Å². The molecule has 0 unspecified atom stereocenters. The third-order valence-corrected chi connectivity index (χ3v) is 3.49. The van der Waals surface area contributed by atoms with E-state index in [9.17, 15) is 18.0 Å². The van der Waals surface area contributed by atoms with Crippen molar-refractivity contribution in [1.82, 2.24) is 9.88 Å². The van der Waals surface area contributed by atoms with E-state index in [1.54, 1.807) is 18.3 Å². The van der Waals surface area contributed by atoms with E-state index < -0.39 is 18.7 Å². The molecule has 0 atom stereocenters. The van der Waals surface area contributed by atoms with E-state index in [1.807, 2.05) is 6.07 Å². The van der Waals surface area contributed by atoms with Crippen LogP contribution in [0.25, 0.3) is 10.9 Å². The number of halogens is 3. The lowest BCUT2D eigenvalue weighted by Gasteiger charge is -2.22. The molecule has 0 saturated carbocycles. The zero-order chi connectivity index (χ0) is 17.7. The average molecular weight is 340 g/mol. The monoisotopic (exact) mass is 340 g/mol. The predicted octanol–water partition coefficient (Wildman–Crippen LogP) is 3.69. The zero-order valence-corrected chi connectivity index (χ0v) is 13.3. The first-order chi connectivity index (χ1) is 11.3. The summed E-state index contributed by atoms with van der Waals surface area (Å²) in [4.78, 5) is 15.6. The fraction of sp³-hybridized carbons (Fsp3) is 0.353. The number of aromatic nitrogens is 1. The highest BCUT2D eigenvalue weighted by Crippen LogP contribution is 2.29. The number of fused-ring (bicyclic) bond motifs is 1. The normalized spacial score (nSPS) is 11.9. The van der Waals surface area contributed by atoms with Gasteiger partial charge in [-0.25, -0.2) is 0 Å². The Labute approximate surface area is 137 Å². The largest absolute Gasteiger partial charge is 0.426 e. The maximum atomic E-state index is 12.6. The number of alkyl halides is 3. The molecular formula is C17H19F3N2O2. The Balaban J connectivity index is 2.19. The van der Waals surface area contributed by atoms with Gasteiger partial charge in [-0.15, -0.1) is 6.58 Å². The molecule has 0 fully saturated rings. The number of esters is 1. The molecule has 1 heterocycles. The lowest BCUT2D eigenvalue weighted by molar-refractivity contribution is -0.144. The number of nitrogens with one attached hydrogen (secondary N) is 1. The van der Waals surface area contributed by atoms with Gasteiger partial charge in [-0.3, -0.25) is 9.69 Å². The lowest BCUT2D eigenvalue weighted by Crippen LogP contribution is -2.35. The summed E-state index contributed by atoms with van der Waals surface area (Å²) in [5, 5.41) is 0.721. The first-order valence-electron chi connectivity index (χ1n) is 7.47. The van der Waals surface area contributed by atoms with Crippen LogP contribution in [0, 0.1) is 0 Å². The van der Waals surface area contributed by atoms with Gasteiger partial charge in [-0.05, 0) is 24.1 Å².